The molecule has 1 atom stereocenters. The molecule has 0 spiro atoms. The highest BCUT2D eigenvalue weighted by molar-refractivity contribution is 5.73. The first-order chi connectivity index (χ1) is 14.9. The summed E-state index contributed by atoms with van der Waals surface area (Å²) in [5.74, 6) is 0.198. The number of likely N-dealkylation sites (tertiary alicyclic amines) is 1. The number of rotatable bonds is 6. The third kappa shape index (κ3) is 8.30. The summed E-state index contributed by atoms with van der Waals surface area (Å²) < 4.78 is 13.5. The smallest absolute Gasteiger partial charge is 0.125 e. The Balaban J connectivity index is 0.00000107. The molecule has 4 nitrogen and oxygen atoms in total. The number of hydrogen-bond donors (Lipinski definition) is 1. The van der Waals surface area contributed by atoms with E-state index in [-0.39, 0.29) is 5.82 Å². The summed E-state index contributed by atoms with van der Waals surface area (Å²) in [7, 11) is 2.17. The van der Waals surface area contributed by atoms with E-state index in [0.717, 1.165) is 48.3 Å². The molecule has 0 aliphatic carbocycles. The van der Waals surface area contributed by atoms with Gasteiger partial charge in [-0.2, -0.15) is 0 Å². The Labute approximate surface area is 185 Å². The quantitative estimate of drug-likeness (QED) is 0.478. The summed E-state index contributed by atoms with van der Waals surface area (Å²) in [6.45, 7) is 9.87. The Bertz CT molecular complexity index is 921. The minimum absolute atomic E-state index is 0.243. The van der Waals surface area contributed by atoms with E-state index in [2.05, 4.69) is 41.0 Å². The number of benzene rings is 1. The van der Waals surface area contributed by atoms with Crippen molar-refractivity contribution < 1.29 is 9.18 Å². The van der Waals surface area contributed by atoms with Gasteiger partial charge in [0.05, 0.1) is 0 Å². The van der Waals surface area contributed by atoms with Gasteiger partial charge in [0.2, 0.25) is 0 Å². The summed E-state index contributed by atoms with van der Waals surface area (Å²) in [5.41, 5.74) is 4.94. The average molecular weight is 422 g/mol. The molecule has 1 aliphatic heterocycles. The van der Waals surface area contributed by atoms with E-state index in [1.54, 1.807) is 12.3 Å². The fraction of sp³-hybridized carbons (Fsp3) is 0.308. The largest absolute Gasteiger partial charge is 0.359 e. The molecule has 1 fully saturated rings. The van der Waals surface area contributed by atoms with Crippen LogP contribution < -0.4 is 5.32 Å². The molecular formula is C26H32FN3O. The maximum atomic E-state index is 13.5. The maximum Gasteiger partial charge on any atom is 0.125 e. The first kappa shape index (κ1) is 24.2. The van der Waals surface area contributed by atoms with Crippen molar-refractivity contribution in [2.45, 2.75) is 26.7 Å². The standard InChI is InChI=1S/C24H28FN3.C2H4O/c1-18(20-7-5-11-26-16-20)13-22(21-8-6-12-28(3)17-21)14-19(2)27-24-10-4-9-23(25)15-24;1-2-3/h4-5,7,9-11,13-16,21,27H,1,6,8,12,17H2,2-3H3;2H,1H3/b19-14+,22-13+;. The van der Waals surface area contributed by atoms with E-state index in [9.17, 15) is 4.39 Å². The van der Waals surface area contributed by atoms with Gasteiger partial charge in [0.15, 0.2) is 0 Å². The van der Waals surface area contributed by atoms with E-state index >= 15 is 0 Å². The van der Waals surface area contributed by atoms with Crippen LogP contribution in [-0.4, -0.2) is 36.3 Å². The molecule has 3 rings (SSSR count). The van der Waals surface area contributed by atoms with Crippen molar-refractivity contribution >= 4 is 17.5 Å². The van der Waals surface area contributed by atoms with Crippen LogP contribution in [-0.2, 0) is 4.79 Å². The zero-order chi connectivity index (χ0) is 22.6. The number of piperidine rings is 1. The lowest BCUT2D eigenvalue weighted by Crippen LogP contribution is -2.32. The molecule has 5 heteroatoms. The van der Waals surface area contributed by atoms with Crippen LogP contribution in [0.2, 0.25) is 0 Å². The number of hydrogen-bond acceptors (Lipinski definition) is 4. The second kappa shape index (κ2) is 12.6. The van der Waals surface area contributed by atoms with Crippen molar-refractivity contribution in [2.24, 2.45) is 5.92 Å². The summed E-state index contributed by atoms with van der Waals surface area (Å²) in [5, 5.41) is 3.30. The van der Waals surface area contributed by atoms with Gasteiger partial charge in [-0.3, -0.25) is 4.98 Å². The predicted octanol–water partition coefficient (Wildman–Crippen LogP) is 5.72. The van der Waals surface area contributed by atoms with Crippen molar-refractivity contribution in [3.05, 3.63) is 90.2 Å². The number of nitrogens with zero attached hydrogens (tertiary/aromatic N) is 2. The molecule has 1 aromatic carbocycles. The van der Waals surface area contributed by atoms with Crippen molar-refractivity contribution in [3.8, 4) is 0 Å². The molecule has 31 heavy (non-hydrogen) atoms. The van der Waals surface area contributed by atoms with E-state index in [0.29, 0.717) is 5.92 Å². The van der Waals surface area contributed by atoms with Crippen molar-refractivity contribution in [2.75, 3.05) is 25.5 Å². The van der Waals surface area contributed by atoms with E-state index in [1.165, 1.54) is 31.1 Å². The van der Waals surface area contributed by atoms with Crippen LogP contribution in [0.5, 0.6) is 0 Å². The number of nitrogens with one attached hydrogen (secondary N) is 1. The first-order valence-corrected chi connectivity index (χ1v) is 10.5. The SMILES string of the molecule is C=C(/C=C(\C=C(/C)Nc1cccc(F)c1)C1CCCN(C)C1)c1cccnc1.CC=O. The molecule has 2 aromatic rings. The topological polar surface area (TPSA) is 45.2 Å². The number of anilines is 1. The first-order valence-electron chi connectivity index (χ1n) is 10.5. The summed E-state index contributed by atoms with van der Waals surface area (Å²) >= 11 is 0. The lowest BCUT2D eigenvalue weighted by atomic mass is 9.88. The van der Waals surface area contributed by atoms with Crippen LogP contribution in [0.3, 0.4) is 0 Å². The van der Waals surface area contributed by atoms with Crippen molar-refractivity contribution in [3.63, 3.8) is 0 Å². The van der Waals surface area contributed by atoms with E-state index in [4.69, 9.17) is 4.79 Å². The van der Waals surface area contributed by atoms with Crippen LogP contribution in [0.25, 0.3) is 5.57 Å². The highest BCUT2D eigenvalue weighted by Gasteiger charge is 2.20. The highest BCUT2D eigenvalue weighted by atomic mass is 19.1. The predicted molar refractivity (Wildman–Crippen MR) is 127 cm³/mol. The van der Waals surface area contributed by atoms with Crippen LogP contribution in [0.1, 0.15) is 32.3 Å². The molecule has 1 aromatic heterocycles. The lowest BCUT2D eigenvalue weighted by molar-refractivity contribution is -0.106. The molecule has 1 aliphatic rings. The van der Waals surface area contributed by atoms with E-state index in [1.807, 2.05) is 31.3 Å². The van der Waals surface area contributed by atoms with Crippen LogP contribution >= 0.6 is 0 Å². The van der Waals surface area contributed by atoms with E-state index < -0.39 is 0 Å². The molecule has 0 radical (unpaired) electrons. The van der Waals surface area contributed by atoms with Gasteiger partial charge in [-0.25, -0.2) is 4.39 Å². The van der Waals surface area contributed by atoms with Gasteiger partial charge < -0.3 is 15.0 Å². The van der Waals surface area contributed by atoms with Crippen molar-refractivity contribution in [1.82, 2.24) is 9.88 Å². The second-order valence-electron chi connectivity index (χ2n) is 7.71. The van der Waals surface area contributed by atoms with Gasteiger partial charge in [-0.15, -0.1) is 0 Å². The van der Waals surface area contributed by atoms with Gasteiger partial charge in [0.1, 0.15) is 12.1 Å². The fourth-order valence-electron chi connectivity index (χ4n) is 3.63. The Morgan fingerprint density at radius 3 is 2.71 bits per heavy atom. The highest BCUT2D eigenvalue weighted by Crippen LogP contribution is 2.28. The Morgan fingerprint density at radius 2 is 2.06 bits per heavy atom. The maximum absolute atomic E-state index is 13.5. The van der Waals surface area contributed by atoms with Gasteiger partial charge >= 0.3 is 0 Å². The Hall–Kier alpha value is -3.05. The molecule has 1 saturated heterocycles. The van der Waals surface area contributed by atoms with Crippen LogP contribution in [0.15, 0.2) is 78.8 Å². The summed E-state index contributed by atoms with van der Waals surface area (Å²) in [6, 6.07) is 10.5. The lowest BCUT2D eigenvalue weighted by Gasteiger charge is -2.31. The molecule has 1 N–H and O–H groups in total. The van der Waals surface area contributed by atoms with Gasteiger partial charge in [0.25, 0.3) is 0 Å². The third-order valence-corrected chi connectivity index (χ3v) is 5.02. The fourth-order valence-corrected chi connectivity index (χ4v) is 3.63. The molecule has 1 unspecified atom stereocenters. The number of carbonyl (C=O) groups excluding carboxylic acids is 1. The summed E-state index contributed by atoms with van der Waals surface area (Å²) in [6.07, 6.45) is 11.0. The Morgan fingerprint density at radius 1 is 1.29 bits per heavy atom. The van der Waals surface area contributed by atoms with Gasteiger partial charge in [0, 0.05) is 30.3 Å². The number of halogens is 1. The Kier molecular flexibility index (Phi) is 9.85. The zero-order valence-corrected chi connectivity index (χ0v) is 18.6. The van der Waals surface area contributed by atoms with Gasteiger partial charge in [-0.05, 0) is 93.3 Å². The molecule has 164 valence electrons. The number of allylic oxidation sites excluding steroid dienone is 4. The normalized spacial score (nSPS) is 17.4. The average Bonchev–Trinajstić information content (AvgIpc) is 2.74. The van der Waals surface area contributed by atoms with Crippen LogP contribution in [0.4, 0.5) is 10.1 Å². The molecule has 2 heterocycles. The summed E-state index contributed by atoms with van der Waals surface area (Å²) in [4.78, 5) is 15.4. The number of aromatic nitrogens is 1. The minimum atomic E-state index is -0.243. The molecule has 0 saturated carbocycles. The van der Waals surface area contributed by atoms with Gasteiger partial charge in [-0.1, -0.05) is 24.8 Å². The van der Waals surface area contributed by atoms with Crippen molar-refractivity contribution in [1.29, 1.82) is 0 Å². The molecule has 0 amide bonds. The third-order valence-electron chi connectivity index (χ3n) is 5.02. The number of carbonyl (C=O) groups is 1. The number of aldehydes is 1. The molecular weight excluding hydrogens is 389 g/mol. The minimum Gasteiger partial charge on any atom is -0.359 e. The number of pyridine rings is 1. The molecule has 0 bridgehead atoms. The van der Waals surface area contributed by atoms with Crippen LogP contribution in [0, 0.1) is 11.7 Å². The monoisotopic (exact) mass is 421 g/mol. The zero-order valence-electron chi connectivity index (χ0n) is 18.6. The second-order valence-corrected chi connectivity index (χ2v) is 7.71.